The van der Waals surface area contributed by atoms with E-state index in [1.54, 1.807) is 11.8 Å². The summed E-state index contributed by atoms with van der Waals surface area (Å²) < 4.78 is 0. The number of hydrogen-bond acceptors (Lipinski definition) is 5. The molecule has 0 aromatic rings. The van der Waals surface area contributed by atoms with Gasteiger partial charge in [-0.05, 0) is 49.5 Å². The van der Waals surface area contributed by atoms with Crippen LogP contribution in [0.15, 0.2) is 57.2 Å². The lowest BCUT2D eigenvalue weighted by atomic mass is 9.86. The van der Waals surface area contributed by atoms with Gasteiger partial charge in [0.2, 0.25) is 0 Å². The van der Waals surface area contributed by atoms with E-state index in [0.717, 1.165) is 30.0 Å². The van der Waals surface area contributed by atoms with Gasteiger partial charge in [0.25, 0.3) is 0 Å². The number of rotatable bonds is 9. The zero-order valence-corrected chi connectivity index (χ0v) is 20.4. The average molecular weight is 444 g/mol. The molecule has 0 aliphatic carbocycles. The van der Waals surface area contributed by atoms with Gasteiger partial charge in [-0.25, -0.2) is 0 Å². The summed E-state index contributed by atoms with van der Waals surface area (Å²) in [7, 11) is 0. The second-order valence-corrected chi connectivity index (χ2v) is 9.36. The van der Waals surface area contributed by atoms with Gasteiger partial charge in [0.15, 0.2) is 0 Å². The summed E-state index contributed by atoms with van der Waals surface area (Å²) >= 11 is 1.77. The summed E-state index contributed by atoms with van der Waals surface area (Å²) in [5, 5.41) is 18.2. The van der Waals surface area contributed by atoms with Gasteiger partial charge in [0.05, 0.1) is 18.2 Å². The van der Waals surface area contributed by atoms with Crippen LogP contribution < -0.4 is 0 Å². The maximum absolute atomic E-state index is 11.5. The highest BCUT2D eigenvalue weighted by Gasteiger charge is 2.34. The van der Waals surface area contributed by atoms with Gasteiger partial charge < -0.3 is 5.11 Å². The first kappa shape index (κ1) is 25.2. The first-order valence-corrected chi connectivity index (χ1v) is 12.2. The number of carboxylic acids is 1. The average Bonchev–Trinajstić information content (AvgIpc) is 2.91. The Labute approximate surface area is 191 Å². The van der Waals surface area contributed by atoms with Crippen molar-refractivity contribution in [1.82, 2.24) is 5.01 Å². The van der Waals surface area contributed by atoms with Gasteiger partial charge in [-0.2, -0.15) is 5.10 Å². The first-order valence-electron chi connectivity index (χ1n) is 11.2. The first-order chi connectivity index (χ1) is 14.8. The second-order valence-electron chi connectivity index (χ2n) is 8.46. The number of thioether (sulfide) groups is 1. The van der Waals surface area contributed by atoms with E-state index in [1.807, 2.05) is 17.3 Å². The molecule has 0 fully saturated rings. The second kappa shape index (κ2) is 12.1. The number of allylic oxidation sites excluding steroid dienone is 5. The van der Waals surface area contributed by atoms with Crippen LogP contribution in [0.1, 0.15) is 53.9 Å². The van der Waals surface area contributed by atoms with Crippen LogP contribution in [0.4, 0.5) is 0 Å². The summed E-state index contributed by atoms with van der Waals surface area (Å²) in [6.45, 7) is 15.1. The van der Waals surface area contributed by atoms with Crippen molar-refractivity contribution < 1.29 is 9.90 Å². The van der Waals surface area contributed by atoms with E-state index in [2.05, 4.69) is 63.9 Å². The smallest absolute Gasteiger partial charge is 0.305 e. The molecule has 170 valence electrons. The largest absolute Gasteiger partial charge is 0.481 e. The lowest BCUT2D eigenvalue weighted by molar-refractivity contribution is -0.139. The van der Waals surface area contributed by atoms with Gasteiger partial charge in [-0.15, -0.1) is 11.8 Å². The predicted octanol–water partition coefficient (Wildman–Crippen LogP) is 5.93. The normalized spacial score (nSPS) is 27.5. The van der Waals surface area contributed by atoms with Gasteiger partial charge in [-0.1, -0.05) is 51.2 Å². The Morgan fingerprint density at radius 3 is 2.77 bits per heavy atom. The van der Waals surface area contributed by atoms with Crippen molar-refractivity contribution in [1.29, 1.82) is 0 Å². The molecule has 0 bridgehead atoms. The van der Waals surface area contributed by atoms with Crippen molar-refractivity contribution in [3.05, 3.63) is 47.1 Å². The predicted molar refractivity (Wildman–Crippen MR) is 134 cm³/mol. The zero-order chi connectivity index (χ0) is 23.0. The van der Waals surface area contributed by atoms with E-state index in [0.29, 0.717) is 6.54 Å². The van der Waals surface area contributed by atoms with Crippen molar-refractivity contribution >= 4 is 29.7 Å². The topological polar surface area (TPSA) is 65.3 Å². The number of nitrogens with zero attached hydrogens (tertiary/aromatic N) is 3. The lowest BCUT2D eigenvalue weighted by Gasteiger charge is -2.40. The SMILES string of the molecule is C=C/C=C(\C/C(=C/C)CC)C1=CSC[C@@H](CN2N=C[C@@H](C)[C@H](C)[C@@H]2CC(=O)O)C(C)=N1. The standard InChI is InChI=1S/C25H37N3O2S/c1-7-10-21(11-20(8-2)9-3)23-16-31-15-22(19(6)27-23)14-28-24(12-25(29)30)18(5)17(4)13-26-28/h7-8,10,13,16-18,22,24H,1,9,11-12,14-15H2,2-6H3,(H,29,30)/b20-8+,21-10+/t17-,18+,22-,24+/m1/s1. The fourth-order valence-corrected chi connectivity index (χ4v) is 5.01. The highest BCUT2D eigenvalue weighted by molar-refractivity contribution is 8.02. The molecule has 0 saturated heterocycles. The summed E-state index contributed by atoms with van der Waals surface area (Å²) in [5.41, 5.74) is 4.64. The van der Waals surface area contributed by atoms with Crippen LogP contribution in [0.3, 0.4) is 0 Å². The van der Waals surface area contributed by atoms with Crippen molar-refractivity contribution in [3.8, 4) is 0 Å². The third-order valence-corrected chi connectivity index (χ3v) is 7.35. The number of carbonyl (C=O) groups is 1. The minimum Gasteiger partial charge on any atom is -0.481 e. The van der Waals surface area contributed by atoms with E-state index in [9.17, 15) is 9.90 Å². The quantitative estimate of drug-likeness (QED) is 0.354. The highest BCUT2D eigenvalue weighted by atomic mass is 32.2. The molecule has 5 nitrogen and oxygen atoms in total. The molecule has 0 saturated carbocycles. The Kier molecular flexibility index (Phi) is 9.82. The third kappa shape index (κ3) is 6.96. The number of aliphatic imine (C=N–C) groups is 1. The van der Waals surface area contributed by atoms with Gasteiger partial charge in [0, 0.05) is 30.1 Å². The van der Waals surface area contributed by atoms with E-state index in [1.165, 1.54) is 11.1 Å². The molecule has 2 aliphatic rings. The number of aliphatic carboxylic acids is 1. The molecule has 0 aromatic heterocycles. The Hall–Kier alpha value is -2.08. The summed E-state index contributed by atoms with van der Waals surface area (Å²) in [4.78, 5) is 16.5. The number of carboxylic acid groups (broad SMARTS) is 1. The van der Waals surface area contributed by atoms with Gasteiger partial charge >= 0.3 is 5.97 Å². The van der Waals surface area contributed by atoms with Crippen LogP contribution in [0.5, 0.6) is 0 Å². The van der Waals surface area contributed by atoms with Crippen LogP contribution in [0.2, 0.25) is 0 Å². The van der Waals surface area contributed by atoms with Crippen LogP contribution in [-0.2, 0) is 4.79 Å². The highest BCUT2D eigenvalue weighted by Crippen LogP contribution is 2.31. The number of hydrogen-bond donors (Lipinski definition) is 1. The summed E-state index contributed by atoms with van der Waals surface area (Å²) in [6.07, 6.45) is 10.0. The molecule has 0 radical (unpaired) electrons. The Balaban J connectivity index is 2.22. The Morgan fingerprint density at radius 1 is 1.42 bits per heavy atom. The van der Waals surface area contributed by atoms with Crippen molar-refractivity contribution in [3.63, 3.8) is 0 Å². The molecule has 6 heteroatoms. The Bertz CT molecular complexity index is 810. The molecule has 0 aromatic carbocycles. The van der Waals surface area contributed by atoms with E-state index in [-0.39, 0.29) is 30.2 Å². The molecule has 0 unspecified atom stereocenters. The minimum absolute atomic E-state index is 0.0935. The molecule has 2 aliphatic heterocycles. The lowest BCUT2D eigenvalue weighted by Crippen LogP contribution is -2.47. The van der Waals surface area contributed by atoms with Gasteiger partial charge in [-0.3, -0.25) is 14.8 Å². The third-order valence-electron chi connectivity index (χ3n) is 6.37. The maximum Gasteiger partial charge on any atom is 0.305 e. The van der Waals surface area contributed by atoms with Crippen molar-refractivity contribution in [2.75, 3.05) is 12.3 Å². The molecule has 0 amide bonds. The minimum atomic E-state index is -0.773. The van der Waals surface area contributed by atoms with Crippen LogP contribution in [0.25, 0.3) is 0 Å². The van der Waals surface area contributed by atoms with E-state index >= 15 is 0 Å². The molecule has 4 atom stereocenters. The molecule has 31 heavy (non-hydrogen) atoms. The van der Waals surface area contributed by atoms with E-state index in [4.69, 9.17) is 4.99 Å². The number of hydrazone groups is 1. The fourth-order valence-electron chi connectivity index (χ4n) is 3.97. The molecular formula is C25H37N3O2S. The van der Waals surface area contributed by atoms with Gasteiger partial charge in [0.1, 0.15) is 0 Å². The van der Waals surface area contributed by atoms with Crippen LogP contribution in [-0.4, -0.2) is 46.4 Å². The van der Waals surface area contributed by atoms with Crippen molar-refractivity contribution in [2.45, 2.75) is 59.9 Å². The summed E-state index contributed by atoms with van der Waals surface area (Å²) in [5.74, 6) is 0.863. The molecule has 2 rings (SSSR count). The fraction of sp³-hybridized carbons (Fsp3) is 0.560. The molecular weight excluding hydrogens is 406 g/mol. The molecule has 1 N–H and O–H groups in total. The Morgan fingerprint density at radius 2 is 2.16 bits per heavy atom. The van der Waals surface area contributed by atoms with Crippen LogP contribution >= 0.6 is 11.8 Å². The molecule has 2 heterocycles. The monoisotopic (exact) mass is 443 g/mol. The summed E-state index contributed by atoms with van der Waals surface area (Å²) in [6, 6.07) is -0.0935. The zero-order valence-electron chi connectivity index (χ0n) is 19.5. The van der Waals surface area contributed by atoms with E-state index < -0.39 is 5.97 Å². The van der Waals surface area contributed by atoms with Crippen LogP contribution in [0, 0.1) is 17.8 Å². The van der Waals surface area contributed by atoms with Crippen molar-refractivity contribution in [2.24, 2.45) is 27.8 Å². The maximum atomic E-state index is 11.5. The molecule has 0 spiro atoms.